The minimum absolute atomic E-state index is 0.293. The van der Waals surface area contributed by atoms with Gasteiger partial charge in [0.15, 0.2) is 0 Å². The zero-order valence-electron chi connectivity index (χ0n) is 13.8. The molecule has 1 aliphatic heterocycles. The number of hydrogen-bond donors (Lipinski definition) is 0. The topological polar surface area (TPSA) is 4.93 Å². The van der Waals surface area contributed by atoms with Crippen LogP contribution in [0.5, 0.6) is 0 Å². The van der Waals surface area contributed by atoms with Crippen LogP contribution in [-0.4, -0.2) is 4.57 Å². The zero-order chi connectivity index (χ0) is 16.9. The summed E-state index contributed by atoms with van der Waals surface area (Å²) in [7, 11) is 0. The molecule has 0 saturated heterocycles. The Morgan fingerprint density at radius 3 is 2.42 bits per heavy atom. The van der Waals surface area contributed by atoms with E-state index < -0.39 is 0 Å². The molecule has 2 heterocycles. The number of hydrogen-bond acceptors (Lipinski definition) is 0. The van der Waals surface area contributed by atoms with E-state index in [1.807, 2.05) is 18.2 Å². The van der Waals surface area contributed by atoms with Crippen LogP contribution in [0.1, 0.15) is 19.5 Å². The van der Waals surface area contributed by atoms with Crippen molar-refractivity contribution in [2.75, 3.05) is 0 Å². The van der Waals surface area contributed by atoms with Gasteiger partial charge in [0.2, 0.25) is 0 Å². The zero-order valence-corrected chi connectivity index (χ0v) is 15.3. The van der Waals surface area contributed by atoms with Gasteiger partial charge in [-0.3, -0.25) is 0 Å². The molecule has 0 aliphatic carbocycles. The second kappa shape index (κ2) is 5.68. The average molecular weight is 356 g/mol. The third-order valence-corrected chi connectivity index (χ3v) is 5.27. The monoisotopic (exact) mass is 355 g/mol. The number of fused-ring (bicyclic) bond motifs is 1. The van der Waals surface area contributed by atoms with Gasteiger partial charge >= 0.3 is 0 Å². The molecule has 24 heavy (non-hydrogen) atoms. The largest absolute Gasteiger partial charge is 0.350 e. The van der Waals surface area contributed by atoms with Crippen molar-refractivity contribution in [1.82, 2.24) is 4.57 Å². The molecule has 0 unspecified atom stereocenters. The summed E-state index contributed by atoms with van der Waals surface area (Å²) in [5.41, 5.74) is 6.46. The molecular formula is C21H19Cl2N. The van der Waals surface area contributed by atoms with Crippen LogP contribution in [-0.2, 0) is 13.0 Å². The number of nitrogens with zero attached hydrogens (tertiary/aromatic N) is 1. The molecule has 2 aromatic carbocycles. The van der Waals surface area contributed by atoms with Crippen LogP contribution in [0.15, 0.2) is 54.7 Å². The van der Waals surface area contributed by atoms with Crippen molar-refractivity contribution in [2.24, 2.45) is 5.41 Å². The van der Waals surface area contributed by atoms with Gasteiger partial charge in [-0.25, -0.2) is 0 Å². The Morgan fingerprint density at radius 1 is 0.958 bits per heavy atom. The molecule has 0 saturated carbocycles. The molecule has 0 fully saturated rings. The second-order valence-corrected chi connectivity index (χ2v) is 8.17. The normalized spacial score (nSPS) is 15.5. The Labute approximate surface area is 152 Å². The van der Waals surface area contributed by atoms with E-state index >= 15 is 0 Å². The summed E-state index contributed by atoms with van der Waals surface area (Å²) < 4.78 is 2.39. The Kier molecular flexibility index (Phi) is 3.74. The molecular weight excluding hydrogens is 337 g/mol. The first-order valence-electron chi connectivity index (χ1n) is 8.17. The predicted octanol–water partition coefficient (Wildman–Crippen LogP) is 6.71. The van der Waals surface area contributed by atoms with Crippen molar-refractivity contribution in [3.05, 3.63) is 70.5 Å². The van der Waals surface area contributed by atoms with Crippen molar-refractivity contribution >= 4 is 23.2 Å². The second-order valence-electron chi connectivity index (χ2n) is 7.32. The lowest BCUT2D eigenvalue weighted by Crippen LogP contribution is -2.12. The van der Waals surface area contributed by atoms with E-state index in [1.54, 1.807) is 0 Å². The van der Waals surface area contributed by atoms with Gasteiger partial charge in [-0.05, 0) is 29.5 Å². The van der Waals surface area contributed by atoms with Gasteiger partial charge in [0.05, 0.1) is 0 Å². The van der Waals surface area contributed by atoms with Gasteiger partial charge in [-0.2, -0.15) is 0 Å². The minimum atomic E-state index is 0.293. The third kappa shape index (κ3) is 2.66. The Bertz CT molecular complexity index is 907. The third-order valence-electron chi connectivity index (χ3n) is 4.72. The van der Waals surface area contributed by atoms with Crippen LogP contribution >= 0.6 is 23.2 Å². The predicted molar refractivity (Wildman–Crippen MR) is 103 cm³/mol. The first kappa shape index (κ1) is 15.8. The molecule has 4 rings (SSSR count). The molecule has 0 amide bonds. The lowest BCUT2D eigenvalue weighted by atomic mass is 9.87. The first-order valence-corrected chi connectivity index (χ1v) is 8.93. The van der Waals surface area contributed by atoms with Crippen LogP contribution in [0, 0.1) is 5.41 Å². The molecule has 1 aromatic heterocycles. The van der Waals surface area contributed by atoms with E-state index in [0.717, 1.165) is 18.5 Å². The van der Waals surface area contributed by atoms with Crippen LogP contribution in [0.3, 0.4) is 0 Å². The van der Waals surface area contributed by atoms with E-state index in [0.29, 0.717) is 15.5 Å². The Balaban J connectivity index is 1.96. The van der Waals surface area contributed by atoms with E-state index in [-0.39, 0.29) is 0 Å². The highest BCUT2D eigenvalue weighted by Gasteiger charge is 2.33. The van der Waals surface area contributed by atoms with Gasteiger partial charge in [0.25, 0.3) is 0 Å². The molecule has 0 spiro atoms. The highest BCUT2D eigenvalue weighted by Crippen LogP contribution is 2.45. The van der Waals surface area contributed by atoms with Gasteiger partial charge in [-0.15, -0.1) is 0 Å². The van der Waals surface area contributed by atoms with E-state index in [1.165, 1.54) is 22.4 Å². The summed E-state index contributed by atoms with van der Waals surface area (Å²) in [4.78, 5) is 0. The molecule has 0 atom stereocenters. The molecule has 122 valence electrons. The standard InChI is InChI=1S/C21H19Cl2N/c1-21(2)11-19-20(14-6-4-3-5-7-14)17(12-24(19)13-21)16-9-8-15(22)10-18(16)23/h3-10,12H,11,13H2,1-2H3. The smallest absolute Gasteiger partial charge is 0.0499 e. The summed E-state index contributed by atoms with van der Waals surface area (Å²) in [6, 6.07) is 16.3. The van der Waals surface area contributed by atoms with Crippen molar-refractivity contribution in [3.8, 4) is 22.3 Å². The first-order chi connectivity index (χ1) is 11.4. The van der Waals surface area contributed by atoms with Gasteiger partial charge in [0, 0.05) is 45.2 Å². The van der Waals surface area contributed by atoms with E-state index in [9.17, 15) is 0 Å². The number of rotatable bonds is 2. The SMILES string of the molecule is CC1(C)Cc2c(-c3ccccc3)c(-c3ccc(Cl)cc3Cl)cn2C1. The summed E-state index contributed by atoms with van der Waals surface area (Å²) in [5.74, 6) is 0. The van der Waals surface area contributed by atoms with Gasteiger partial charge in [-0.1, -0.05) is 73.4 Å². The minimum Gasteiger partial charge on any atom is -0.350 e. The molecule has 3 heteroatoms. The van der Waals surface area contributed by atoms with Crippen LogP contribution in [0.2, 0.25) is 10.0 Å². The van der Waals surface area contributed by atoms with Crippen LogP contribution in [0.4, 0.5) is 0 Å². The van der Waals surface area contributed by atoms with Gasteiger partial charge < -0.3 is 4.57 Å². The fourth-order valence-corrected chi connectivity index (χ4v) is 4.25. The maximum absolute atomic E-state index is 6.51. The van der Waals surface area contributed by atoms with Crippen LogP contribution < -0.4 is 0 Å². The van der Waals surface area contributed by atoms with Crippen molar-refractivity contribution < 1.29 is 0 Å². The highest BCUT2D eigenvalue weighted by atomic mass is 35.5. The average Bonchev–Trinajstić information content (AvgIpc) is 2.99. The Morgan fingerprint density at radius 2 is 1.71 bits per heavy atom. The molecule has 0 N–H and O–H groups in total. The molecule has 1 aliphatic rings. The quantitative estimate of drug-likeness (QED) is 0.481. The number of aromatic nitrogens is 1. The Hall–Kier alpha value is -1.70. The van der Waals surface area contributed by atoms with E-state index in [2.05, 4.69) is 54.9 Å². The summed E-state index contributed by atoms with van der Waals surface area (Å²) >= 11 is 12.6. The summed E-state index contributed by atoms with van der Waals surface area (Å²) in [6.07, 6.45) is 3.32. The number of benzene rings is 2. The molecule has 0 bridgehead atoms. The fraction of sp³-hybridized carbons (Fsp3) is 0.238. The fourth-order valence-electron chi connectivity index (χ4n) is 3.74. The van der Waals surface area contributed by atoms with Gasteiger partial charge in [0.1, 0.15) is 0 Å². The maximum Gasteiger partial charge on any atom is 0.0499 e. The van der Waals surface area contributed by atoms with Crippen molar-refractivity contribution in [3.63, 3.8) is 0 Å². The van der Waals surface area contributed by atoms with E-state index in [4.69, 9.17) is 23.2 Å². The number of halogens is 2. The molecule has 0 radical (unpaired) electrons. The summed E-state index contributed by atoms with van der Waals surface area (Å²) in [5, 5.41) is 1.36. The van der Waals surface area contributed by atoms with Crippen LogP contribution in [0.25, 0.3) is 22.3 Å². The highest BCUT2D eigenvalue weighted by molar-refractivity contribution is 6.36. The van der Waals surface area contributed by atoms with Crippen molar-refractivity contribution in [2.45, 2.75) is 26.8 Å². The maximum atomic E-state index is 6.51. The lowest BCUT2D eigenvalue weighted by Gasteiger charge is -2.16. The molecule has 3 aromatic rings. The van der Waals surface area contributed by atoms with Crippen molar-refractivity contribution in [1.29, 1.82) is 0 Å². The molecule has 1 nitrogen and oxygen atoms in total. The lowest BCUT2D eigenvalue weighted by molar-refractivity contribution is 0.359. The summed E-state index contributed by atoms with van der Waals surface area (Å²) in [6.45, 7) is 5.68.